The Labute approximate surface area is 91.9 Å². The van der Waals surface area contributed by atoms with Crippen LogP contribution in [0.3, 0.4) is 0 Å². The summed E-state index contributed by atoms with van der Waals surface area (Å²) in [5.41, 5.74) is 3.51. The zero-order valence-electron chi connectivity index (χ0n) is 8.34. The molecule has 2 rings (SSSR count). The van der Waals surface area contributed by atoms with E-state index in [-0.39, 0.29) is 0 Å². The van der Waals surface area contributed by atoms with Gasteiger partial charge in [0.05, 0.1) is 17.4 Å². The third-order valence-corrected chi connectivity index (χ3v) is 2.99. The standard InChI is InChI=1S/C11H13BrN2/c1-7(2)5-8-9(12)3-4-10-11(8)14-6-13-10/h3-4,6-7H,5H2,1-2H3,(H,13,14). The topological polar surface area (TPSA) is 28.7 Å². The molecule has 2 aromatic rings. The molecule has 0 aliphatic heterocycles. The van der Waals surface area contributed by atoms with Gasteiger partial charge in [-0.25, -0.2) is 4.98 Å². The maximum absolute atomic E-state index is 4.35. The first kappa shape index (κ1) is 9.71. The summed E-state index contributed by atoms with van der Waals surface area (Å²) in [6.45, 7) is 4.44. The fourth-order valence-corrected chi connectivity index (χ4v) is 2.13. The molecule has 3 heteroatoms. The van der Waals surface area contributed by atoms with Gasteiger partial charge in [0.2, 0.25) is 0 Å². The molecule has 0 atom stereocenters. The van der Waals surface area contributed by atoms with Crippen molar-refractivity contribution in [1.82, 2.24) is 9.97 Å². The monoisotopic (exact) mass is 252 g/mol. The second-order valence-electron chi connectivity index (χ2n) is 3.92. The van der Waals surface area contributed by atoms with Crippen LogP contribution in [0.5, 0.6) is 0 Å². The number of hydrogen-bond donors (Lipinski definition) is 1. The van der Waals surface area contributed by atoms with Gasteiger partial charge in [0.1, 0.15) is 0 Å². The fourth-order valence-electron chi connectivity index (χ4n) is 1.64. The lowest BCUT2D eigenvalue weighted by molar-refractivity contribution is 0.648. The van der Waals surface area contributed by atoms with E-state index in [1.807, 2.05) is 0 Å². The molecule has 0 spiro atoms. The van der Waals surface area contributed by atoms with Crippen LogP contribution in [0.1, 0.15) is 19.4 Å². The molecule has 0 saturated heterocycles. The van der Waals surface area contributed by atoms with Crippen molar-refractivity contribution < 1.29 is 0 Å². The fraction of sp³-hybridized carbons (Fsp3) is 0.364. The van der Waals surface area contributed by atoms with Gasteiger partial charge in [-0.05, 0) is 30.0 Å². The van der Waals surface area contributed by atoms with Gasteiger partial charge in [-0.15, -0.1) is 0 Å². The Morgan fingerprint density at radius 1 is 1.43 bits per heavy atom. The van der Waals surface area contributed by atoms with E-state index in [4.69, 9.17) is 0 Å². The van der Waals surface area contributed by atoms with Gasteiger partial charge in [-0.2, -0.15) is 0 Å². The summed E-state index contributed by atoms with van der Waals surface area (Å²) in [5.74, 6) is 0.647. The van der Waals surface area contributed by atoms with Crippen molar-refractivity contribution in [2.75, 3.05) is 0 Å². The van der Waals surface area contributed by atoms with Gasteiger partial charge in [0.15, 0.2) is 0 Å². The van der Waals surface area contributed by atoms with Crippen molar-refractivity contribution >= 4 is 27.0 Å². The molecule has 74 valence electrons. The number of nitrogens with zero attached hydrogens (tertiary/aromatic N) is 1. The summed E-state index contributed by atoms with van der Waals surface area (Å²) in [7, 11) is 0. The Morgan fingerprint density at radius 3 is 2.93 bits per heavy atom. The molecule has 1 aromatic carbocycles. The molecule has 0 saturated carbocycles. The molecule has 1 N–H and O–H groups in total. The van der Waals surface area contributed by atoms with Crippen LogP contribution in [0, 0.1) is 5.92 Å². The Hall–Kier alpha value is -0.830. The van der Waals surface area contributed by atoms with E-state index < -0.39 is 0 Å². The van der Waals surface area contributed by atoms with Crippen LogP contribution in [0.25, 0.3) is 11.0 Å². The van der Waals surface area contributed by atoms with Crippen LogP contribution < -0.4 is 0 Å². The van der Waals surface area contributed by atoms with Crippen molar-refractivity contribution in [2.45, 2.75) is 20.3 Å². The predicted octanol–water partition coefficient (Wildman–Crippen LogP) is 3.52. The predicted molar refractivity (Wildman–Crippen MR) is 62.3 cm³/mol. The van der Waals surface area contributed by atoms with E-state index in [1.165, 1.54) is 5.56 Å². The Kier molecular flexibility index (Phi) is 2.59. The lowest BCUT2D eigenvalue weighted by Gasteiger charge is -2.07. The first-order chi connectivity index (χ1) is 6.68. The Balaban J connectivity index is 2.58. The quantitative estimate of drug-likeness (QED) is 0.871. The number of benzene rings is 1. The van der Waals surface area contributed by atoms with Crippen LogP contribution in [0.4, 0.5) is 0 Å². The van der Waals surface area contributed by atoms with Gasteiger partial charge >= 0.3 is 0 Å². The summed E-state index contributed by atoms with van der Waals surface area (Å²) >= 11 is 3.58. The number of nitrogens with one attached hydrogen (secondary N) is 1. The second kappa shape index (κ2) is 3.73. The average molecular weight is 253 g/mol. The van der Waals surface area contributed by atoms with Gasteiger partial charge < -0.3 is 4.98 Å². The van der Waals surface area contributed by atoms with Crippen LogP contribution in [-0.4, -0.2) is 9.97 Å². The van der Waals surface area contributed by atoms with Gasteiger partial charge in [-0.3, -0.25) is 0 Å². The molecule has 14 heavy (non-hydrogen) atoms. The largest absolute Gasteiger partial charge is 0.345 e. The van der Waals surface area contributed by atoms with Crippen molar-refractivity contribution in [2.24, 2.45) is 5.92 Å². The summed E-state index contributed by atoms with van der Waals surface area (Å²) in [5, 5.41) is 0. The number of imidazole rings is 1. The molecule has 1 heterocycles. The van der Waals surface area contributed by atoms with E-state index in [2.05, 4.69) is 51.9 Å². The molecule has 0 bridgehead atoms. The summed E-state index contributed by atoms with van der Waals surface area (Å²) in [4.78, 5) is 7.48. The highest BCUT2D eigenvalue weighted by Crippen LogP contribution is 2.26. The summed E-state index contributed by atoms with van der Waals surface area (Å²) in [6.07, 6.45) is 2.81. The van der Waals surface area contributed by atoms with Crippen LogP contribution in [-0.2, 0) is 6.42 Å². The van der Waals surface area contributed by atoms with Gasteiger partial charge in [0, 0.05) is 4.47 Å². The van der Waals surface area contributed by atoms with Gasteiger partial charge in [0.25, 0.3) is 0 Å². The van der Waals surface area contributed by atoms with Crippen molar-refractivity contribution in [3.63, 3.8) is 0 Å². The third-order valence-electron chi connectivity index (χ3n) is 2.25. The first-order valence-electron chi connectivity index (χ1n) is 4.79. The number of aromatic amines is 1. The third kappa shape index (κ3) is 1.69. The minimum Gasteiger partial charge on any atom is -0.345 e. The molecule has 0 amide bonds. The maximum Gasteiger partial charge on any atom is 0.0932 e. The SMILES string of the molecule is CC(C)Cc1c(Br)ccc2[nH]cnc12. The molecule has 1 aromatic heterocycles. The second-order valence-corrected chi connectivity index (χ2v) is 4.78. The number of rotatable bonds is 2. The van der Waals surface area contributed by atoms with E-state index in [0.717, 1.165) is 21.9 Å². The lowest BCUT2D eigenvalue weighted by Crippen LogP contribution is -1.96. The molecule has 0 fully saturated rings. The number of aromatic nitrogens is 2. The molecular weight excluding hydrogens is 240 g/mol. The van der Waals surface area contributed by atoms with Crippen molar-refractivity contribution in [3.8, 4) is 0 Å². The minimum atomic E-state index is 0.647. The molecule has 0 unspecified atom stereocenters. The van der Waals surface area contributed by atoms with Gasteiger partial charge in [-0.1, -0.05) is 29.8 Å². The summed E-state index contributed by atoms with van der Waals surface area (Å²) < 4.78 is 1.16. The highest BCUT2D eigenvalue weighted by Gasteiger charge is 2.09. The van der Waals surface area contributed by atoms with E-state index in [1.54, 1.807) is 6.33 Å². The molecule has 2 nitrogen and oxygen atoms in total. The zero-order valence-corrected chi connectivity index (χ0v) is 9.93. The lowest BCUT2D eigenvalue weighted by atomic mass is 10.0. The van der Waals surface area contributed by atoms with Crippen molar-refractivity contribution in [3.05, 3.63) is 28.5 Å². The van der Waals surface area contributed by atoms with Crippen LogP contribution in [0.15, 0.2) is 22.9 Å². The van der Waals surface area contributed by atoms with Crippen LogP contribution >= 0.6 is 15.9 Å². The number of hydrogen-bond acceptors (Lipinski definition) is 1. The smallest absolute Gasteiger partial charge is 0.0932 e. The van der Waals surface area contributed by atoms with E-state index >= 15 is 0 Å². The minimum absolute atomic E-state index is 0.647. The summed E-state index contributed by atoms with van der Waals surface area (Å²) in [6, 6.07) is 4.13. The first-order valence-corrected chi connectivity index (χ1v) is 5.58. The van der Waals surface area contributed by atoms with E-state index in [0.29, 0.717) is 5.92 Å². The molecular formula is C11H13BrN2. The zero-order chi connectivity index (χ0) is 10.1. The normalized spacial score (nSPS) is 11.4. The number of halogens is 1. The Morgan fingerprint density at radius 2 is 2.21 bits per heavy atom. The average Bonchev–Trinajstić information content (AvgIpc) is 2.57. The number of fused-ring (bicyclic) bond motifs is 1. The maximum atomic E-state index is 4.35. The highest BCUT2D eigenvalue weighted by molar-refractivity contribution is 9.10. The molecule has 0 aliphatic rings. The molecule has 0 radical (unpaired) electrons. The number of H-pyrrole nitrogens is 1. The van der Waals surface area contributed by atoms with Crippen molar-refractivity contribution in [1.29, 1.82) is 0 Å². The van der Waals surface area contributed by atoms with Crippen LogP contribution in [0.2, 0.25) is 0 Å². The Bertz CT molecular complexity index is 445. The molecule has 0 aliphatic carbocycles. The van der Waals surface area contributed by atoms with E-state index in [9.17, 15) is 0 Å². The highest BCUT2D eigenvalue weighted by atomic mass is 79.9.